The van der Waals surface area contributed by atoms with Crippen LogP contribution < -0.4 is 20.2 Å². The summed E-state index contributed by atoms with van der Waals surface area (Å²) in [5, 5.41) is 6.64. The zero-order chi connectivity index (χ0) is 21.1. The second-order valence-corrected chi connectivity index (χ2v) is 6.82. The zero-order valence-electron chi connectivity index (χ0n) is 17.0. The quantitative estimate of drug-likeness (QED) is 0.474. The number of methoxy groups -OCH3 is 1. The summed E-state index contributed by atoms with van der Waals surface area (Å²) in [4.78, 5) is 23.9. The van der Waals surface area contributed by atoms with Crippen molar-refractivity contribution in [3.8, 4) is 11.5 Å². The molecule has 0 bridgehead atoms. The monoisotopic (exact) mass is 397 g/mol. The Labute approximate surface area is 171 Å². The maximum Gasteiger partial charge on any atom is 0.240 e. The summed E-state index contributed by atoms with van der Waals surface area (Å²) >= 11 is 0. The Kier molecular flexibility index (Phi) is 8.69. The molecule has 0 atom stereocenters. The number of carbonyl (C=O) groups is 2. The number of rotatable bonds is 10. The molecular formula is C22H27N3O4. The van der Waals surface area contributed by atoms with E-state index in [9.17, 15) is 9.59 Å². The molecule has 29 heavy (non-hydrogen) atoms. The average Bonchev–Trinajstić information content (AvgIpc) is 2.72. The fourth-order valence-corrected chi connectivity index (χ4v) is 2.34. The highest BCUT2D eigenvalue weighted by atomic mass is 16.5. The summed E-state index contributed by atoms with van der Waals surface area (Å²) < 4.78 is 10.8. The number of amides is 2. The molecule has 0 aliphatic rings. The number of hydrazone groups is 1. The van der Waals surface area contributed by atoms with Crippen molar-refractivity contribution in [3.63, 3.8) is 0 Å². The highest BCUT2D eigenvalue weighted by molar-refractivity contribution is 5.94. The third kappa shape index (κ3) is 8.04. The van der Waals surface area contributed by atoms with E-state index >= 15 is 0 Å². The number of para-hydroxylation sites is 2. The summed E-state index contributed by atoms with van der Waals surface area (Å²) in [6.45, 7) is 4.84. The van der Waals surface area contributed by atoms with Gasteiger partial charge in [-0.25, -0.2) is 5.43 Å². The average molecular weight is 397 g/mol. The number of hydrogen-bond donors (Lipinski definition) is 2. The van der Waals surface area contributed by atoms with Crippen molar-refractivity contribution < 1.29 is 19.1 Å². The van der Waals surface area contributed by atoms with Crippen LogP contribution in [0.2, 0.25) is 0 Å². The van der Waals surface area contributed by atoms with Crippen molar-refractivity contribution >= 4 is 23.7 Å². The first-order valence-corrected chi connectivity index (χ1v) is 9.45. The molecule has 2 N–H and O–H groups in total. The molecule has 2 rings (SSSR count). The normalized spacial score (nSPS) is 10.8. The smallest absolute Gasteiger partial charge is 0.240 e. The lowest BCUT2D eigenvalue weighted by molar-refractivity contribution is -0.124. The van der Waals surface area contributed by atoms with Gasteiger partial charge in [-0.2, -0.15) is 5.10 Å². The molecule has 0 radical (unpaired) electrons. The predicted octanol–water partition coefficient (Wildman–Crippen LogP) is 3.60. The first kappa shape index (κ1) is 21.9. The van der Waals surface area contributed by atoms with E-state index in [2.05, 4.69) is 29.7 Å². The van der Waals surface area contributed by atoms with E-state index in [0.717, 1.165) is 11.3 Å². The molecule has 2 aromatic rings. The molecule has 0 saturated carbocycles. The van der Waals surface area contributed by atoms with Crippen LogP contribution in [0.4, 0.5) is 5.69 Å². The van der Waals surface area contributed by atoms with Crippen molar-refractivity contribution in [3.05, 3.63) is 54.1 Å². The molecule has 0 spiro atoms. The van der Waals surface area contributed by atoms with Gasteiger partial charge in [-0.05, 0) is 47.9 Å². The zero-order valence-corrected chi connectivity index (χ0v) is 17.0. The van der Waals surface area contributed by atoms with Gasteiger partial charge in [0.05, 0.1) is 25.6 Å². The van der Waals surface area contributed by atoms with Crippen LogP contribution in [-0.4, -0.2) is 31.7 Å². The van der Waals surface area contributed by atoms with Crippen molar-refractivity contribution in [2.75, 3.05) is 19.0 Å². The van der Waals surface area contributed by atoms with Gasteiger partial charge in [0.1, 0.15) is 11.5 Å². The van der Waals surface area contributed by atoms with Gasteiger partial charge in [-0.1, -0.05) is 26.0 Å². The van der Waals surface area contributed by atoms with E-state index in [1.165, 1.54) is 7.11 Å². The van der Waals surface area contributed by atoms with Crippen LogP contribution >= 0.6 is 0 Å². The van der Waals surface area contributed by atoms with Crippen LogP contribution in [0.3, 0.4) is 0 Å². The molecule has 0 unspecified atom stereocenters. The minimum atomic E-state index is -0.340. The van der Waals surface area contributed by atoms with Gasteiger partial charge in [0.15, 0.2) is 0 Å². The fraction of sp³-hybridized carbons (Fsp3) is 0.318. The van der Waals surface area contributed by atoms with Gasteiger partial charge < -0.3 is 14.8 Å². The van der Waals surface area contributed by atoms with Gasteiger partial charge in [0, 0.05) is 12.8 Å². The lowest BCUT2D eigenvalue weighted by Crippen LogP contribution is -2.20. The van der Waals surface area contributed by atoms with Gasteiger partial charge in [0.25, 0.3) is 0 Å². The number of anilines is 1. The Morgan fingerprint density at radius 3 is 2.41 bits per heavy atom. The highest BCUT2D eigenvalue weighted by Gasteiger charge is 2.09. The number of ether oxygens (including phenoxy) is 2. The Morgan fingerprint density at radius 2 is 1.72 bits per heavy atom. The van der Waals surface area contributed by atoms with Crippen LogP contribution in [0, 0.1) is 5.92 Å². The summed E-state index contributed by atoms with van der Waals surface area (Å²) in [5.41, 5.74) is 3.82. The lowest BCUT2D eigenvalue weighted by atomic mass is 10.2. The molecule has 0 aromatic heterocycles. The number of benzene rings is 2. The van der Waals surface area contributed by atoms with Crippen molar-refractivity contribution in [2.45, 2.75) is 26.7 Å². The van der Waals surface area contributed by atoms with E-state index in [4.69, 9.17) is 9.47 Å². The van der Waals surface area contributed by atoms with E-state index in [-0.39, 0.29) is 24.7 Å². The second-order valence-electron chi connectivity index (χ2n) is 6.82. The van der Waals surface area contributed by atoms with E-state index < -0.39 is 0 Å². The van der Waals surface area contributed by atoms with Crippen molar-refractivity contribution in [1.82, 2.24) is 5.43 Å². The van der Waals surface area contributed by atoms with Crippen LogP contribution in [0.1, 0.15) is 32.3 Å². The molecule has 7 nitrogen and oxygen atoms in total. The maximum atomic E-state index is 12.0. The Bertz CT molecular complexity index is 832. The molecule has 2 amide bonds. The third-order valence-electron chi connectivity index (χ3n) is 3.83. The Morgan fingerprint density at radius 1 is 1.03 bits per heavy atom. The molecule has 154 valence electrons. The van der Waals surface area contributed by atoms with Crippen molar-refractivity contribution in [2.24, 2.45) is 11.0 Å². The predicted molar refractivity (Wildman–Crippen MR) is 113 cm³/mol. The summed E-state index contributed by atoms with van der Waals surface area (Å²) in [6.07, 6.45) is 1.61. The van der Waals surface area contributed by atoms with Gasteiger partial charge in [0.2, 0.25) is 11.8 Å². The third-order valence-corrected chi connectivity index (χ3v) is 3.83. The number of carbonyl (C=O) groups excluding carboxylic acids is 2. The Hall–Kier alpha value is -3.35. The van der Waals surface area contributed by atoms with Crippen LogP contribution in [-0.2, 0) is 9.59 Å². The van der Waals surface area contributed by atoms with Crippen LogP contribution in [0.5, 0.6) is 11.5 Å². The topological polar surface area (TPSA) is 89.0 Å². The Balaban J connectivity index is 1.73. The lowest BCUT2D eigenvalue weighted by Gasteiger charge is -2.09. The summed E-state index contributed by atoms with van der Waals surface area (Å²) in [7, 11) is 1.53. The standard InChI is InChI=1S/C22H27N3O4/c1-16(2)15-29-18-10-8-17(9-11-18)14-23-25-22(27)13-12-21(26)24-19-6-4-5-7-20(19)28-3/h4-11,14,16H,12-13,15H2,1-3H3,(H,24,26)(H,25,27). The fourth-order valence-electron chi connectivity index (χ4n) is 2.34. The van der Waals surface area contributed by atoms with Crippen LogP contribution in [0.15, 0.2) is 53.6 Å². The molecule has 0 aliphatic carbocycles. The molecule has 7 heteroatoms. The van der Waals surface area contributed by atoms with E-state index in [1.54, 1.807) is 24.4 Å². The maximum absolute atomic E-state index is 12.0. The van der Waals surface area contributed by atoms with Gasteiger partial charge in [-0.3, -0.25) is 9.59 Å². The molecular weight excluding hydrogens is 370 g/mol. The van der Waals surface area contributed by atoms with Gasteiger partial charge >= 0.3 is 0 Å². The molecule has 2 aromatic carbocycles. The number of nitrogens with zero attached hydrogens (tertiary/aromatic N) is 1. The SMILES string of the molecule is COc1ccccc1NC(=O)CCC(=O)NN=Cc1ccc(OCC(C)C)cc1. The molecule has 0 saturated heterocycles. The van der Waals surface area contributed by atoms with Gasteiger partial charge in [-0.15, -0.1) is 0 Å². The van der Waals surface area contributed by atoms with E-state index in [0.29, 0.717) is 24.0 Å². The highest BCUT2D eigenvalue weighted by Crippen LogP contribution is 2.23. The summed E-state index contributed by atoms with van der Waals surface area (Å²) in [6, 6.07) is 14.5. The minimum Gasteiger partial charge on any atom is -0.495 e. The first-order chi connectivity index (χ1) is 14.0. The van der Waals surface area contributed by atoms with Crippen molar-refractivity contribution in [1.29, 1.82) is 0 Å². The first-order valence-electron chi connectivity index (χ1n) is 9.45. The van der Waals surface area contributed by atoms with E-state index in [1.807, 2.05) is 30.3 Å². The molecule has 0 fully saturated rings. The molecule has 0 aliphatic heterocycles. The van der Waals surface area contributed by atoms with Crippen LogP contribution in [0.25, 0.3) is 0 Å². The number of nitrogens with one attached hydrogen (secondary N) is 2. The largest absolute Gasteiger partial charge is 0.495 e. The minimum absolute atomic E-state index is 0.0281. The molecule has 0 heterocycles. The summed E-state index contributed by atoms with van der Waals surface area (Å²) in [5.74, 6) is 1.21. The second kappa shape index (κ2) is 11.5. The number of hydrogen-bond acceptors (Lipinski definition) is 5.